The van der Waals surface area contributed by atoms with Crippen LogP contribution in [0.1, 0.15) is 25.7 Å². The molecule has 11 heavy (non-hydrogen) atoms. The predicted molar refractivity (Wildman–Crippen MR) is 47.0 cm³/mol. The highest BCUT2D eigenvalue weighted by Gasteiger charge is 2.22. The zero-order chi connectivity index (χ0) is 8.10. The van der Waals surface area contributed by atoms with E-state index in [0.29, 0.717) is 0 Å². The summed E-state index contributed by atoms with van der Waals surface area (Å²) in [5.74, 6) is 1.67. The summed E-state index contributed by atoms with van der Waals surface area (Å²) < 4.78 is 5.04. The van der Waals surface area contributed by atoms with Crippen LogP contribution in [-0.2, 0) is 4.74 Å². The first-order valence-electron chi connectivity index (χ1n) is 4.48. The molecule has 0 N–H and O–H groups in total. The molecule has 1 aliphatic carbocycles. The first-order valence-corrected chi connectivity index (χ1v) is 4.48. The minimum atomic E-state index is 0.807. The number of hydrogen-bond donors (Lipinski definition) is 0. The Hall–Kier alpha value is -0.0400. The number of ether oxygens (including phenoxy) is 1. The lowest BCUT2D eigenvalue weighted by atomic mass is 10.0. The Morgan fingerprint density at radius 3 is 3.00 bits per heavy atom. The molecular weight excluding hydrogens is 136 g/mol. The van der Waals surface area contributed by atoms with Crippen molar-refractivity contribution < 1.29 is 4.74 Å². The third-order valence-corrected chi connectivity index (χ3v) is 2.54. The zero-order valence-corrected chi connectivity index (χ0v) is 7.38. The number of methoxy groups -OCH3 is 1. The van der Waals surface area contributed by atoms with Crippen molar-refractivity contribution in [3.63, 3.8) is 0 Å². The van der Waals surface area contributed by atoms with Gasteiger partial charge < -0.3 is 4.74 Å². The molecule has 1 heteroatoms. The fraction of sp³-hybridized carbons (Fsp3) is 0.800. The molecule has 0 aromatic heterocycles. The van der Waals surface area contributed by atoms with Crippen molar-refractivity contribution in [2.24, 2.45) is 11.8 Å². The highest BCUT2D eigenvalue weighted by molar-refractivity contribution is 4.88. The molecule has 64 valence electrons. The van der Waals surface area contributed by atoms with Crippen molar-refractivity contribution in [1.82, 2.24) is 0 Å². The van der Waals surface area contributed by atoms with E-state index in [1.54, 1.807) is 7.11 Å². The molecule has 0 aromatic rings. The molecule has 0 heterocycles. The van der Waals surface area contributed by atoms with Crippen LogP contribution >= 0.6 is 0 Å². The molecular formula is C10H18O. The summed E-state index contributed by atoms with van der Waals surface area (Å²) in [4.78, 5) is 0. The van der Waals surface area contributed by atoms with Crippen LogP contribution in [0.2, 0.25) is 0 Å². The van der Waals surface area contributed by atoms with Gasteiger partial charge in [-0.3, -0.25) is 0 Å². The third-order valence-electron chi connectivity index (χ3n) is 2.54. The Kier molecular flexibility index (Phi) is 3.92. The molecule has 0 aromatic carbocycles. The van der Waals surface area contributed by atoms with Crippen molar-refractivity contribution in [2.45, 2.75) is 25.7 Å². The van der Waals surface area contributed by atoms with Gasteiger partial charge in [0.05, 0.1) is 0 Å². The minimum absolute atomic E-state index is 0.807. The van der Waals surface area contributed by atoms with Gasteiger partial charge in [0, 0.05) is 13.7 Å². The van der Waals surface area contributed by atoms with Crippen LogP contribution in [0, 0.1) is 25.2 Å². The molecule has 2 radical (unpaired) electrons. The Bertz CT molecular complexity index is 101. The maximum absolute atomic E-state index is 5.04. The second-order valence-electron chi connectivity index (χ2n) is 3.40. The van der Waals surface area contributed by atoms with Crippen molar-refractivity contribution in [1.29, 1.82) is 0 Å². The lowest BCUT2D eigenvalue weighted by Crippen LogP contribution is -2.00. The summed E-state index contributed by atoms with van der Waals surface area (Å²) in [5, 5.41) is 0. The molecule has 0 bridgehead atoms. The number of hydrogen-bond acceptors (Lipinski definition) is 1. The highest BCUT2D eigenvalue weighted by Crippen LogP contribution is 2.33. The quantitative estimate of drug-likeness (QED) is 0.604. The van der Waals surface area contributed by atoms with E-state index in [0.717, 1.165) is 24.9 Å². The molecule has 1 aliphatic rings. The zero-order valence-electron chi connectivity index (χ0n) is 7.38. The van der Waals surface area contributed by atoms with E-state index in [9.17, 15) is 0 Å². The highest BCUT2D eigenvalue weighted by atomic mass is 16.5. The van der Waals surface area contributed by atoms with E-state index in [-0.39, 0.29) is 0 Å². The van der Waals surface area contributed by atoms with Crippen molar-refractivity contribution in [2.75, 3.05) is 13.7 Å². The Labute approximate surface area is 70.1 Å². The maximum atomic E-state index is 5.04. The van der Waals surface area contributed by atoms with Gasteiger partial charge in [0.15, 0.2) is 0 Å². The van der Waals surface area contributed by atoms with Crippen LogP contribution in [0.3, 0.4) is 0 Å². The molecule has 1 fully saturated rings. The van der Waals surface area contributed by atoms with Gasteiger partial charge in [-0.25, -0.2) is 0 Å². The topological polar surface area (TPSA) is 9.23 Å². The van der Waals surface area contributed by atoms with E-state index in [1.807, 2.05) is 0 Å². The van der Waals surface area contributed by atoms with Gasteiger partial charge in [-0.1, -0.05) is 13.3 Å². The van der Waals surface area contributed by atoms with E-state index >= 15 is 0 Å². The van der Waals surface area contributed by atoms with Crippen LogP contribution in [0.15, 0.2) is 0 Å². The average molecular weight is 154 g/mol. The normalized spacial score (nSPS) is 31.1. The lowest BCUT2D eigenvalue weighted by Gasteiger charge is -2.08. The minimum Gasteiger partial charge on any atom is -0.385 e. The fourth-order valence-electron chi connectivity index (χ4n) is 1.75. The maximum Gasteiger partial charge on any atom is 0.0465 e. The molecule has 2 unspecified atom stereocenters. The van der Waals surface area contributed by atoms with Gasteiger partial charge in [0.2, 0.25) is 0 Å². The Morgan fingerprint density at radius 2 is 2.45 bits per heavy atom. The monoisotopic (exact) mass is 154 g/mol. The Morgan fingerprint density at radius 1 is 1.64 bits per heavy atom. The first-order chi connectivity index (χ1) is 5.36. The molecule has 1 rings (SSSR count). The summed E-state index contributed by atoms with van der Waals surface area (Å²) >= 11 is 0. The van der Waals surface area contributed by atoms with Crippen molar-refractivity contribution in [3.8, 4) is 0 Å². The molecule has 2 atom stereocenters. The van der Waals surface area contributed by atoms with Gasteiger partial charge in [-0.15, -0.1) is 0 Å². The van der Waals surface area contributed by atoms with Gasteiger partial charge >= 0.3 is 0 Å². The van der Waals surface area contributed by atoms with Crippen LogP contribution < -0.4 is 0 Å². The molecule has 1 saturated carbocycles. The molecule has 0 amide bonds. The largest absolute Gasteiger partial charge is 0.385 e. The van der Waals surface area contributed by atoms with Crippen LogP contribution in [0.5, 0.6) is 0 Å². The second kappa shape index (κ2) is 4.76. The third kappa shape index (κ3) is 2.82. The molecule has 0 spiro atoms. The van der Waals surface area contributed by atoms with Crippen LogP contribution in [0.25, 0.3) is 0 Å². The van der Waals surface area contributed by atoms with E-state index < -0.39 is 0 Å². The van der Waals surface area contributed by atoms with E-state index in [2.05, 4.69) is 13.3 Å². The average Bonchev–Trinajstić information content (AvgIpc) is 2.48. The number of rotatable bonds is 4. The Balaban J connectivity index is 2.09. The van der Waals surface area contributed by atoms with Gasteiger partial charge in [-0.05, 0) is 37.5 Å². The van der Waals surface area contributed by atoms with Crippen LogP contribution in [-0.4, -0.2) is 13.7 Å². The fourth-order valence-corrected chi connectivity index (χ4v) is 1.75. The van der Waals surface area contributed by atoms with Crippen LogP contribution in [0.4, 0.5) is 0 Å². The second-order valence-corrected chi connectivity index (χ2v) is 3.40. The summed E-state index contributed by atoms with van der Waals surface area (Å²) in [6, 6.07) is 0. The summed E-state index contributed by atoms with van der Waals surface area (Å²) in [5.41, 5.74) is 0. The lowest BCUT2D eigenvalue weighted by molar-refractivity contribution is 0.182. The molecule has 0 aliphatic heterocycles. The van der Waals surface area contributed by atoms with Crippen molar-refractivity contribution in [3.05, 3.63) is 13.3 Å². The van der Waals surface area contributed by atoms with E-state index in [1.165, 1.54) is 19.3 Å². The predicted octanol–water partition coefficient (Wildman–Crippen LogP) is 2.48. The summed E-state index contributed by atoms with van der Waals surface area (Å²) in [6.45, 7) is 4.84. The molecule has 0 saturated heterocycles. The molecule has 1 nitrogen and oxygen atoms in total. The van der Waals surface area contributed by atoms with E-state index in [4.69, 9.17) is 4.74 Å². The van der Waals surface area contributed by atoms with Gasteiger partial charge in [0.1, 0.15) is 0 Å². The van der Waals surface area contributed by atoms with Gasteiger partial charge in [0.25, 0.3) is 0 Å². The first kappa shape index (κ1) is 9.05. The summed E-state index contributed by atoms with van der Waals surface area (Å²) in [7, 11) is 1.77. The SMILES string of the molecule is [CH2]CC1C[CH]C(CCOC)C1. The summed E-state index contributed by atoms with van der Waals surface area (Å²) in [6.07, 6.45) is 7.35. The van der Waals surface area contributed by atoms with Crippen molar-refractivity contribution >= 4 is 0 Å². The standard InChI is InChI=1S/C10H18O/c1-3-9-4-5-10(8-9)6-7-11-2/h5,9-10H,1,3-4,6-8H2,2H3. The van der Waals surface area contributed by atoms with Gasteiger partial charge in [-0.2, -0.15) is 0 Å². The smallest absolute Gasteiger partial charge is 0.0465 e.